The number of carbonyl (C=O) groups excluding carboxylic acids is 1. The molecule has 2 amide bonds. The number of urea groups is 1. The maximum atomic E-state index is 11.0. The second kappa shape index (κ2) is 8.34. The molecule has 5 nitrogen and oxygen atoms in total. The van der Waals surface area contributed by atoms with E-state index in [1.54, 1.807) is 0 Å². The van der Waals surface area contributed by atoms with Gasteiger partial charge in [-0.25, -0.2) is 4.79 Å². The Hall–Kier alpha value is -1.26. The number of amides is 2. The molecule has 0 aliphatic rings. The molecule has 0 spiro atoms. The Morgan fingerprint density at radius 1 is 1.14 bits per heavy atom. The van der Waals surface area contributed by atoms with Crippen molar-refractivity contribution in [3.8, 4) is 0 Å². The molecule has 3 N–H and O–H groups in total. The van der Waals surface area contributed by atoms with Gasteiger partial charge in [0.05, 0.1) is 0 Å². The highest BCUT2D eigenvalue weighted by molar-refractivity contribution is 5.73. The summed E-state index contributed by atoms with van der Waals surface area (Å²) >= 11 is 0. The first-order chi connectivity index (χ1) is 6.66. The third-order valence-electron chi connectivity index (χ3n) is 1.64. The number of hydrogen-bond acceptors (Lipinski definition) is 2. The van der Waals surface area contributed by atoms with Crippen molar-refractivity contribution in [2.45, 2.75) is 32.6 Å². The minimum Gasteiger partial charge on any atom is -0.481 e. The molecule has 0 radical (unpaired) electrons. The summed E-state index contributed by atoms with van der Waals surface area (Å²) in [7, 11) is 0. The van der Waals surface area contributed by atoms with Gasteiger partial charge in [0.2, 0.25) is 0 Å². The first-order valence-electron chi connectivity index (χ1n) is 4.90. The van der Waals surface area contributed by atoms with E-state index < -0.39 is 5.97 Å². The molecule has 0 aliphatic heterocycles. The predicted molar refractivity (Wildman–Crippen MR) is 53.2 cm³/mol. The maximum Gasteiger partial charge on any atom is 0.314 e. The zero-order valence-electron chi connectivity index (χ0n) is 8.51. The van der Waals surface area contributed by atoms with E-state index in [2.05, 4.69) is 10.6 Å². The Bertz CT molecular complexity index is 183. The van der Waals surface area contributed by atoms with E-state index in [1.807, 2.05) is 6.92 Å². The first-order valence-corrected chi connectivity index (χ1v) is 4.90. The number of hydrogen-bond donors (Lipinski definition) is 3. The van der Waals surface area contributed by atoms with E-state index in [4.69, 9.17) is 5.11 Å². The molecule has 0 aliphatic carbocycles. The van der Waals surface area contributed by atoms with Crippen LogP contribution in [-0.2, 0) is 4.79 Å². The second-order valence-electron chi connectivity index (χ2n) is 3.03. The highest BCUT2D eigenvalue weighted by atomic mass is 16.4. The molecule has 5 heteroatoms. The zero-order chi connectivity index (χ0) is 10.8. The molecule has 82 valence electrons. The van der Waals surface area contributed by atoms with Gasteiger partial charge in [-0.1, -0.05) is 6.92 Å². The molecule has 0 saturated carbocycles. The minimum atomic E-state index is -0.791. The largest absolute Gasteiger partial charge is 0.481 e. The van der Waals surface area contributed by atoms with Gasteiger partial charge in [0.25, 0.3) is 0 Å². The summed E-state index contributed by atoms with van der Waals surface area (Å²) in [6.07, 6.45) is 2.37. The van der Waals surface area contributed by atoms with Crippen LogP contribution in [0.2, 0.25) is 0 Å². The van der Waals surface area contributed by atoms with Gasteiger partial charge in [-0.3, -0.25) is 4.79 Å². The molecule has 0 atom stereocenters. The van der Waals surface area contributed by atoms with Gasteiger partial charge < -0.3 is 15.7 Å². The third kappa shape index (κ3) is 8.83. The highest BCUT2D eigenvalue weighted by Gasteiger charge is 1.98. The molecule has 14 heavy (non-hydrogen) atoms. The molecule has 0 aromatic carbocycles. The number of rotatable bonds is 7. The smallest absolute Gasteiger partial charge is 0.314 e. The molecule has 0 rings (SSSR count). The fourth-order valence-electron chi connectivity index (χ4n) is 0.904. The normalized spacial score (nSPS) is 9.50. The second-order valence-corrected chi connectivity index (χ2v) is 3.03. The average Bonchev–Trinajstić information content (AvgIpc) is 2.13. The summed E-state index contributed by atoms with van der Waals surface area (Å²) in [5.41, 5.74) is 0. The number of nitrogens with one attached hydrogen (secondary N) is 2. The predicted octanol–water partition coefficient (Wildman–Crippen LogP) is 0.951. The number of unbranched alkanes of at least 4 members (excludes halogenated alkanes) is 1. The van der Waals surface area contributed by atoms with E-state index in [0.717, 1.165) is 6.42 Å². The summed E-state index contributed by atoms with van der Waals surface area (Å²) < 4.78 is 0. The van der Waals surface area contributed by atoms with Gasteiger partial charge >= 0.3 is 12.0 Å². The maximum absolute atomic E-state index is 11.0. The lowest BCUT2D eigenvalue weighted by Gasteiger charge is -2.05. The van der Waals surface area contributed by atoms with Crippen LogP contribution in [0.5, 0.6) is 0 Å². The van der Waals surface area contributed by atoms with Crippen molar-refractivity contribution >= 4 is 12.0 Å². The Balaban J connectivity index is 3.19. The van der Waals surface area contributed by atoms with Gasteiger partial charge in [0, 0.05) is 19.5 Å². The molecule has 0 aromatic heterocycles. The molecule has 0 aromatic rings. The molecule has 0 saturated heterocycles. The van der Waals surface area contributed by atoms with E-state index >= 15 is 0 Å². The van der Waals surface area contributed by atoms with Crippen LogP contribution in [0.3, 0.4) is 0 Å². The fraction of sp³-hybridized carbons (Fsp3) is 0.778. The molecule has 0 bridgehead atoms. The topological polar surface area (TPSA) is 78.4 Å². The van der Waals surface area contributed by atoms with Crippen LogP contribution >= 0.6 is 0 Å². The summed E-state index contributed by atoms with van der Waals surface area (Å²) in [5.74, 6) is -0.791. The Labute approximate surface area is 83.9 Å². The number of carbonyl (C=O) groups is 2. The molecule has 0 unspecified atom stereocenters. The van der Waals surface area contributed by atoms with Crippen molar-refractivity contribution in [1.29, 1.82) is 0 Å². The van der Waals surface area contributed by atoms with Crippen LogP contribution in [0.1, 0.15) is 32.6 Å². The van der Waals surface area contributed by atoms with Crippen LogP contribution in [-0.4, -0.2) is 30.2 Å². The molecular formula is C9H18N2O3. The Morgan fingerprint density at radius 3 is 2.36 bits per heavy atom. The lowest BCUT2D eigenvalue weighted by Crippen LogP contribution is -2.36. The minimum absolute atomic E-state index is 0.165. The summed E-state index contributed by atoms with van der Waals surface area (Å²) in [6.45, 7) is 3.18. The van der Waals surface area contributed by atoms with Crippen molar-refractivity contribution in [1.82, 2.24) is 10.6 Å². The van der Waals surface area contributed by atoms with Crippen LogP contribution in [0.25, 0.3) is 0 Å². The van der Waals surface area contributed by atoms with Gasteiger partial charge in [-0.15, -0.1) is 0 Å². The van der Waals surface area contributed by atoms with Crippen LogP contribution in [0.4, 0.5) is 4.79 Å². The van der Waals surface area contributed by atoms with E-state index in [-0.39, 0.29) is 12.5 Å². The molecule has 0 heterocycles. The number of carboxylic acids is 1. The quantitative estimate of drug-likeness (QED) is 0.538. The monoisotopic (exact) mass is 202 g/mol. The number of aliphatic carboxylic acids is 1. The van der Waals surface area contributed by atoms with Gasteiger partial charge in [0.1, 0.15) is 0 Å². The molecular weight excluding hydrogens is 184 g/mol. The van der Waals surface area contributed by atoms with Crippen molar-refractivity contribution in [3.63, 3.8) is 0 Å². The standard InChI is InChI=1S/C9H18N2O3/c1-2-6-10-9(14)11-7-4-3-5-8(12)13/h2-7H2,1H3,(H,12,13)(H2,10,11,14). The lowest BCUT2D eigenvalue weighted by molar-refractivity contribution is -0.137. The Morgan fingerprint density at radius 2 is 1.79 bits per heavy atom. The van der Waals surface area contributed by atoms with Gasteiger partial charge in [-0.2, -0.15) is 0 Å². The fourth-order valence-corrected chi connectivity index (χ4v) is 0.904. The first kappa shape index (κ1) is 12.7. The SMILES string of the molecule is CCCNC(=O)NCCCCC(=O)O. The van der Waals surface area contributed by atoms with Crippen molar-refractivity contribution in [2.24, 2.45) is 0 Å². The van der Waals surface area contributed by atoms with Crippen molar-refractivity contribution in [3.05, 3.63) is 0 Å². The highest BCUT2D eigenvalue weighted by Crippen LogP contribution is 1.92. The zero-order valence-corrected chi connectivity index (χ0v) is 8.51. The van der Waals surface area contributed by atoms with Crippen LogP contribution in [0.15, 0.2) is 0 Å². The lowest BCUT2D eigenvalue weighted by atomic mass is 10.2. The summed E-state index contributed by atoms with van der Waals surface area (Å²) in [6, 6.07) is -0.179. The average molecular weight is 202 g/mol. The van der Waals surface area contributed by atoms with Crippen LogP contribution < -0.4 is 10.6 Å². The third-order valence-corrected chi connectivity index (χ3v) is 1.64. The van der Waals surface area contributed by atoms with E-state index in [1.165, 1.54) is 0 Å². The number of carboxylic acid groups (broad SMARTS) is 1. The van der Waals surface area contributed by atoms with Crippen molar-refractivity contribution in [2.75, 3.05) is 13.1 Å². The van der Waals surface area contributed by atoms with E-state index in [9.17, 15) is 9.59 Å². The summed E-state index contributed by atoms with van der Waals surface area (Å²) in [4.78, 5) is 21.1. The van der Waals surface area contributed by atoms with E-state index in [0.29, 0.717) is 25.9 Å². The van der Waals surface area contributed by atoms with Gasteiger partial charge in [0.15, 0.2) is 0 Å². The van der Waals surface area contributed by atoms with Gasteiger partial charge in [-0.05, 0) is 19.3 Å². The van der Waals surface area contributed by atoms with Crippen molar-refractivity contribution < 1.29 is 14.7 Å². The van der Waals surface area contributed by atoms with Crippen LogP contribution in [0, 0.1) is 0 Å². The molecule has 0 fully saturated rings. The summed E-state index contributed by atoms with van der Waals surface area (Å²) in [5, 5.41) is 13.7. The Kier molecular flexibility index (Phi) is 7.59.